The zero-order valence-corrected chi connectivity index (χ0v) is 14.5. The number of ether oxygens (including phenoxy) is 2. The third-order valence-corrected chi connectivity index (χ3v) is 5.59. The van der Waals surface area contributed by atoms with Crippen LogP contribution in [0.3, 0.4) is 0 Å². The van der Waals surface area contributed by atoms with E-state index in [1.807, 2.05) is 7.05 Å². The molecule has 3 aliphatic rings. The molecule has 0 aromatic carbocycles. The summed E-state index contributed by atoms with van der Waals surface area (Å²) in [6.07, 6.45) is 6.05. The van der Waals surface area contributed by atoms with E-state index in [2.05, 4.69) is 20.5 Å². The van der Waals surface area contributed by atoms with Gasteiger partial charge in [-0.05, 0) is 45.2 Å². The van der Waals surface area contributed by atoms with E-state index in [0.29, 0.717) is 5.92 Å². The summed E-state index contributed by atoms with van der Waals surface area (Å²) in [5.41, 5.74) is 0.239. The van der Waals surface area contributed by atoms with Crippen LogP contribution in [0, 0.1) is 5.92 Å². The van der Waals surface area contributed by atoms with Crippen molar-refractivity contribution in [2.75, 3.05) is 59.7 Å². The van der Waals surface area contributed by atoms with Gasteiger partial charge >= 0.3 is 0 Å². The quantitative estimate of drug-likeness (QED) is 0.580. The van der Waals surface area contributed by atoms with E-state index >= 15 is 0 Å². The van der Waals surface area contributed by atoms with Gasteiger partial charge in [-0.25, -0.2) is 0 Å². The summed E-state index contributed by atoms with van der Waals surface area (Å²) in [5, 5.41) is 7.05. The van der Waals surface area contributed by atoms with E-state index in [1.165, 1.54) is 25.9 Å². The predicted molar refractivity (Wildman–Crippen MR) is 91.9 cm³/mol. The molecule has 1 atom stereocenters. The number of rotatable bonds is 5. The van der Waals surface area contributed by atoms with Crippen molar-refractivity contribution >= 4 is 5.96 Å². The number of hydrogen-bond acceptors (Lipinski definition) is 4. The highest BCUT2D eigenvalue weighted by molar-refractivity contribution is 5.79. The molecule has 132 valence electrons. The molecule has 6 heteroatoms. The molecule has 0 bridgehead atoms. The van der Waals surface area contributed by atoms with E-state index in [-0.39, 0.29) is 5.54 Å². The van der Waals surface area contributed by atoms with Crippen molar-refractivity contribution in [3.05, 3.63) is 0 Å². The lowest BCUT2D eigenvalue weighted by molar-refractivity contribution is -0.0164. The normalized spacial score (nSPS) is 28.9. The van der Waals surface area contributed by atoms with Crippen molar-refractivity contribution in [2.24, 2.45) is 10.9 Å². The second-order valence-corrected chi connectivity index (χ2v) is 7.07. The molecule has 3 rings (SSSR count). The van der Waals surface area contributed by atoms with Crippen molar-refractivity contribution in [3.63, 3.8) is 0 Å². The van der Waals surface area contributed by atoms with Crippen molar-refractivity contribution in [1.82, 2.24) is 15.5 Å². The largest absolute Gasteiger partial charge is 0.381 e. The number of aliphatic imine (C=N–C) groups is 1. The maximum atomic E-state index is 5.62. The smallest absolute Gasteiger partial charge is 0.191 e. The van der Waals surface area contributed by atoms with Gasteiger partial charge in [-0.2, -0.15) is 0 Å². The van der Waals surface area contributed by atoms with Crippen LogP contribution >= 0.6 is 0 Å². The SMILES string of the molecule is CN=C(NCC1CCOC1)NCC1(N2CCCC2)CCOCC1. The molecule has 0 radical (unpaired) electrons. The summed E-state index contributed by atoms with van der Waals surface area (Å²) in [5.74, 6) is 1.53. The van der Waals surface area contributed by atoms with Gasteiger partial charge in [-0.3, -0.25) is 9.89 Å². The van der Waals surface area contributed by atoms with Gasteiger partial charge in [-0.1, -0.05) is 0 Å². The average Bonchev–Trinajstić information content (AvgIpc) is 3.30. The fraction of sp³-hybridized carbons (Fsp3) is 0.941. The molecule has 0 aliphatic carbocycles. The van der Waals surface area contributed by atoms with Gasteiger partial charge < -0.3 is 20.1 Å². The van der Waals surface area contributed by atoms with Crippen LogP contribution in [-0.2, 0) is 9.47 Å². The van der Waals surface area contributed by atoms with Gasteiger partial charge in [0.15, 0.2) is 5.96 Å². The summed E-state index contributed by atoms with van der Waals surface area (Å²) in [6.45, 7) is 7.89. The van der Waals surface area contributed by atoms with Gasteiger partial charge in [0.1, 0.15) is 0 Å². The third-order valence-electron chi connectivity index (χ3n) is 5.59. The minimum atomic E-state index is 0.239. The molecule has 3 fully saturated rings. The van der Waals surface area contributed by atoms with Crippen LogP contribution in [0.5, 0.6) is 0 Å². The molecule has 3 heterocycles. The monoisotopic (exact) mass is 324 g/mol. The van der Waals surface area contributed by atoms with E-state index in [0.717, 1.165) is 64.7 Å². The summed E-state index contributed by atoms with van der Waals surface area (Å²) in [7, 11) is 1.85. The lowest BCUT2D eigenvalue weighted by Crippen LogP contribution is -2.58. The minimum Gasteiger partial charge on any atom is -0.381 e. The zero-order chi connectivity index (χ0) is 16.0. The van der Waals surface area contributed by atoms with Crippen LogP contribution in [-0.4, -0.2) is 76.1 Å². The molecule has 2 N–H and O–H groups in total. The summed E-state index contributed by atoms with van der Waals surface area (Å²) in [6, 6.07) is 0. The standard InChI is InChI=1S/C17H32N4O2/c1-18-16(19-12-15-4-9-23-13-15)20-14-17(5-10-22-11-6-17)21-7-2-3-8-21/h15H,2-14H2,1H3,(H2,18,19,20). The maximum Gasteiger partial charge on any atom is 0.191 e. The molecular weight excluding hydrogens is 292 g/mol. The number of nitrogens with zero attached hydrogens (tertiary/aromatic N) is 2. The fourth-order valence-electron chi connectivity index (χ4n) is 4.00. The van der Waals surface area contributed by atoms with Crippen LogP contribution in [0.2, 0.25) is 0 Å². The predicted octanol–water partition coefficient (Wildman–Crippen LogP) is 0.833. The van der Waals surface area contributed by atoms with E-state index in [1.54, 1.807) is 0 Å². The lowest BCUT2D eigenvalue weighted by atomic mass is 9.88. The van der Waals surface area contributed by atoms with Crippen molar-refractivity contribution in [1.29, 1.82) is 0 Å². The number of likely N-dealkylation sites (tertiary alicyclic amines) is 1. The number of guanidine groups is 1. The molecule has 0 aromatic heterocycles. The topological polar surface area (TPSA) is 58.1 Å². The molecule has 0 aromatic rings. The van der Waals surface area contributed by atoms with Crippen LogP contribution < -0.4 is 10.6 Å². The Balaban J connectivity index is 1.51. The van der Waals surface area contributed by atoms with Crippen LogP contribution in [0.25, 0.3) is 0 Å². The Hall–Kier alpha value is -0.850. The van der Waals surface area contributed by atoms with Crippen molar-refractivity contribution < 1.29 is 9.47 Å². The Bertz CT molecular complexity index is 384. The first-order valence-electron chi connectivity index (χ1n) is 9.17. The highest BCUT2D eigenvalue weighted by Crippen LogP contribution is 2.30. The number of nitrogens with one attached hydrogen (secondary N) is 2. The Labute approximate surface area is 140 Å². The van der Waals surface area contributed by atoms with E-state index in [4.69, 9.17) is 9.47 Å². The summed E-state index contributed by atoms with van der Waals surface area (Å²) >= 11 is 0. The van der Waals surface area contributed by atoms with Crippen molar-refractivity contribution in [2.45, 2.75) is 37.6 Å². The lowest BCUT2D eigenvalue weighted by Gasteiger charge is -2.45. The molecular formula is C17H32N4O2. The van der Waals surface area contributed by atoms with Crippen LogP contribution in [0.4, 0.5) is 0 Å². The minimum absolute atomic E-state index is 0.239. The fourth-order valence-corrected chi connectivity index (χ4v) is 4.00. The second kappa shape index (κ2) is 8.31. The Morgan fingerprint density at radius 1 is 1.13 bits per heavy atom. The van der Waals surface area contributed by atoms with Crippen molar-refractivity contribution in [3.8, 4) is 0 Å². The molecule has 6 nitrogen and oxygen atoms in total. The molecule has 23 heavy (non-hydrogen) atoms. The van der Waals surface area contributed by atoms with Crippen LogP contribution in [0.15, 0.2) is 4.99 Å². The van der Waals surface area contributed by atoms with Gasteiger partial charge in [0, 0.05) is 51.4 Å². The van der Waals surface area contributed by atoms with Gasteiger partial charge in [0.2, 0.25) is 0 Å². The van der Waals surface area contributed by atoms with E-state index in [9.17, 15) is 0 Å². The Kier molecular flexibility index (Phi) is 6.14. The number of hydrogen-bond donors (Lipinski definition) is 2. The first-order chi connectivity index (χ1) is 11.3. The average molecular weight is 324 g/mol. The molecule has 3 saturated heterocycles. The highest BCUT2D eigenvalue weighted by atomic mass is 16.5. The van der Waals surface area contributed by atoms with E-state index < -0.39 is 0 Å². The molecule has 0 spiro atoms. The summed E-state index contributed by atoms with van der Waals surface area (Å²) in [4.78, 5) is 7.08. The van der Waals surface area contributed by atoms with Gasteiger partial charge in [0.05, 0.1) is 6.61 Å². The highest BCUT2D eigenvalue weighted by Gasteiger charge is 2.39. The first-order valence-corrected chi connectivity index (χ1v) is 9.17. The third kappa shape index (κ3) is 4.37. The van der Waals surface area contributed by atoms with Gasteiger partial charge in [-0.15, -0.1) is 0 Å². The zero-order valence-electron chi connectivity index (χ0n) is 14.5. The van der Waals surface area contributed by atoms with Crippen LogP contribution in [0.1, 0.15) is 32.1 Å². The van der Waals surface area contributed by atoms with Gasteiger partial charge in [0.25, 0.3) is 0 Å². The molecule has 0 amide bonds. The second-order valence-electron chi connectivity index (χ2n) is 7.07. The maximum absolute atomic E-state index is 5.62. The molecule has 0 saturated carbocycles. The molecule has 3 aliphatic heterocycles. The molecule has 1 unspecified atom stereocenters. The Morgan fingerprint density at radius 3 is 2.57 bits per heavy atom. The summed E-state index contributed by atoms with van der Waals surface area (Å²) < 4.78 is 11.1. The Morgan fingerprint density at radius 2 is 1.91 bits per heavy atom. The first kappa shape index (κ1) is 17.0.